The normalized spacial score (nSPS) is 18.5. The molecule has 0 radical (unpaired) electrons. The van der Waals surface area contributed by atoms with Crippen molar-refractivity contribution in [3.05, 3.63) is 24.0 Å². The third-order valence-electron chi connectivity index (χ3n) is 4.31. The van der Waals surface area contributed by atoms with Gasteiger partial charge >= 0.3 is 0 Å². The van der Waals surface area contributed by atoms with E-state index < -0.39 is 15.8 Å². The van der Waals surface area contributed by atoms with Gasteiger partial charge in [0.1, 0.15) is 23.1 Å². The minimum atomic E-state index is -3.81. The second kappa shape index (κ2) is 8.24. The molecule has 0 saturated carbocycles. The average Bonchev–Trinajstić information content (AvgIpc) is 2.56. The van der Waals surface area contributed by atoms with Crippen LogP contribution in [0.3, 0.4) is 0 Å². The molecule has 136 valence electrons. The molecule has 1 aliphatic heterocycles. The highest BCUT2D eigenvalue weighted by molar-refractivity contribution is 7.89. The van der Waals surface area contributed by atoms with Gasteiger partial charge in [0.2, 0.25) is 10.0 Å². The lowest BCUT2D eigenvalue weighted by atomic mass is 9.92. The summed E-state index contributed by atoms with van der Waals surface area (Å²) in [5.74, 6) is -0.165. The predicted octanol–water partition coefficient (Wildman–Crippen LogP) is 1.60. The van der Waals surface area contributed by atoms with Gasteiger partial charge in [-0.1, -0.05) is 0 Å². The van der Waals surface area contributed by atoms with E-state index in [4.69, 9.17) is 15.2 Å². The zero-order valence-corrected chi connectivity index (χ0v) is 14.9. The van der Waals surface area contributed by atoms with Crippen LogP contribution in [0, 0.1) is 11.7 Å². The van der Waals surface area contributed by atoms with Crippen molar-refractivity contribution in [2.45, 2.75) is 30.7 Å². The zero-order valence-electron chi connectivity index (χ0n) is 14.1. The molecule has 1 unspecified atom stereocenters. The Morgan fingerprint density at radius 3 is 2.58 bits per heavy atom. The Kier molecular flexibility index (Phi) is 6.56. The first-order valence-electron chi connectivity index (χ1n) is 8.03. The van der Waals surface area contributed by atoms with E-state index in [1.165, 1.54) is 23.5 Å². The number of ether oxygens (including phenoxy) is 2. The van der Waals surface area contributed by atoms with Crippen LogP contribution in [0.1, 0.15) is 19.8 Å². The molecule has 2 rings (SSSR count). The van der Waals surface area contributed by atoms with Gasteiger partial charge < -0.3 is 15.2 Å². The molecule has 6 nitrogen and oxygen atoms in total. The number of hydrogen-bond donors (Lipinski definition) is 1. The van der Waals surface area contributed by atoms with Crippen molar-refractivity contribution in [3.63, 3.8) is 0 Å². The predicted molar refractivity (Wildman–Crippen MR) is 88.9 cm³/mol. The van der Waals surface area contributed by atoms with Crippen LogP contribution in [0.4, 0.5) is 4.39 Å². The Bertz CT molecular complexity index is 643. The van der Waals surface area contributed by atoms with Crippen LogP contribution in [0.2, 0.25) is 0 Å². The highest BCUT2D eigenvalue weighted by Gasteiger charge is 2.32. The molecule has 0 aromatic heterocycles. The van der Waals surface area contributed by atoms with Crippen molar-refractivity contribution in [2.24, 2.45) is 11.7 Å². The summed E-state index contributed by atoms with van der Waals surface area (Å²) in [5.41, 5.74) is 5.90. The minimum Gasteiger partial charge on any atom is -0.490 e. The maximum Gasteiger partial charge on any atom is 0.246 e. The molecule has 0 spiro atoms. The van der Waals surface area contributed by atoms with E-state index in [0.29, 0.717) is 38.5 Å². The van der Waals surface area contributed by atoms with Crippen molar-refractivity contribution in [1.29, 1.82) is 0 Å². The van der Waals surface area contributed by atoms with Crippen molar-refractivity contribution < 1.29 is 22.3 Å². The van der Waals surface area contributed by atoms with E-state index >= 15 is 0 Å². The molecule has 0 amide bonds. The lowest BCUT2D eigenvalue weighted by Crippen LogP contribution is -2.42. The number of halogens is 1. The van der Waals surface area contributed by atoms with Crippen LogP contribution >= 0.6 is 0 Å². The van der Waals surface area contributed by atoms with Gasteiger partial charge in [0.15, 0.2) is 0 Å². The van der Waals surface area contributed by atoms with Gasteiger partial charge in [-0.2, -0.15) is 4.31 Å². The van der Waals surface area contributed by atoms with Gasteiger partial charge in [-0.3, -0.25) is 0 Å². The molecule has 1 atom stereocenters. The lowest BCUT2D eigenvalue weighted by molar-refractivity contribution is 0.144. The molecule has 1 fully saturated rings. The number of sulfonamides is 1. The van der Waals surface area contributed by atoms with Crippen LogP contribution in [-0.2, 0) is 14.8 Å². The van der Waals surface area contributed by atoms with Crippen LogP contribution in [0.5, 0.6) is 5.75 Å². The van der Waals surface area contributed by atoms with E-state index in [0.717, 1.165) is 6.07 Å². The summed E-state index contributed by atoms with van der Waals surface area (Å²) in [7, 11) is -2.29. The van der Waals surface area contributed by atoms with Gasteiger partial charge in [0, 0.05) is 26.2 Å². The summed E-state index contributed by atoms with van der Waals surface area (Å²) in [6.07, 6.45) is 1.40. The molecule has 8 heteroatoms. The van der Waals surface area contributed by atoms with Crippen molar-refractivity contribution in [1.82, 2.24) is 4.31 Å². The first kappa shape index (κ1) is 19.1. The molecule has 1 aromatic rings. The first-order valence-corrected chi connectivity index (χ1v) is 9.47. The quantitative estimate of drug-likeness (QED) is 0.747. The number of hydrogen-bond acceptors (Lipinski definition) is 5. The Hall–Kier alpha value is -1.22. The zero-order chi connectivity index (χ0) is 17.7. The fourth-order valence-corrected chi connectivity index (χ4v) is 4.43. The Morgan fingerprint density at radius 2 is 2.00 bits per heavy atom. The smallest absolute Gasteiger partial charge is 0.246 e. The maximum absolute atomic E-state index is 13.6. The van der Waals surface area contributed by atoms with Crippen molar-refractivity contribution in [3.8, 4) is 5.75 Å². The molecule has 0 bridgehead atoms. The van der Waals surface area contributed by atoms with Gasteiger partial charge in [-0.05, 0) is 43.9 Å². The number of piperidine rings is 1. The highest BCUT2D eigenvalue weighted by atomic mass is 32.2. The maximum atomic E-state index is 13.6. The standard InChI is InChI=1S/C16H25FN2O4S/c1-12(18)13-5-7-19(8-6-13)24(20,21)16-11-14(17)3-4-15(16)23-10-9-22-2/h3-4,11-13H,5-10,18H2,1-2H3. The van der Waals surface area contributed by atoms with Crippen LogP contribution < -0.4 is 10.5 Å². The number of benzene rings is 1. The Labute approximate surface area is 142 Å². The van der Waals surface area contributed by atoms with Gasteiger partial charge in [-0.15, -0.1) is 0 Å². The van der Waals surface area contributed by atoms with E-state index in [2.05, 4.69) is 0 Å². The number of nitrogens with zero attached hydrogens (tertiary/aromatic N) is 1. The molecule has 2 N–H and O–H groups in total. The summed E-state index contributed by atoms with van der Waals surface area (Å²) >= 11 is 0. The first-order chi connectivity index (χ1) is 11.4. The van der Waals surface area contributed by atoms with Gasteiger partial charge in [-0.25, -0.2) is 12.8 Å². The second-order valence-corrected chi connectivity index (χ2v) is 7.94. The second-order valence-electron chi connectivity index (χ2n) is 6.03. The summed E-state index contributed by atoms with van der Waals surface area (Å²) in [5, 5.41) is 0. The monoisotopic (exact) mass is 360 g/mol. The van der Waals surface area contributed by atoms with Crippen LogP contribution in [0.25, 0.3) is 0 Å². The third kappa shape index (κ3) is 4.44. The van der Waals surface area contributed by atoms with E-state index in [9.17, 15) is 12.8 Å². The lowest BCUT2D eigenvalue weighted by Gasteiger charge is -2.33. The molecule has 1 heterocycles. The summed E-state index contributed by atoms with van der Waals surface area (Å²) in [6, 6.07) is 3.57. The highest BCUT2D eigenvalue weighted by Crippen LogP contribution is 2.31. The molecule has 0 aliphatic carbocycles. The van der Waals surface area contributed by atoms with Crippen LogP contribution in [0.15, 0.2) is 23.1 Å². The summed E-state index contributed by atoms with van der Waals surface area (Å²) in [4.78, 5) is -0.141. The molecule has 1 aliphatic rings. The largest absolute Gasteiger partial charge is 0.490 e. The van der Waals surface area contributed by atoms with Gasteiger partial charge in [0.25, 0.3) is 0 Å². The molecule has 1 saturated heterocycles. The van der Waals surface area contributed by atoms with Crippen molar-refractivity contribution in [2.75, 3.05) is 33.4 Å². The van der Waals surface area contributed by atoms with Gasteiger partial charge in [0.05, 0.1) is 6.61 Å². The molecule has 24 heavy (non-hydrogen) atoms. The molecular weight excluding hydrogens is 335 g/mol. The van der Waals surface area contributed by atoms with E-state index in [1.807, 2.05) is 6.92 Å². The SMILES string of the molecule is COCCOc1ccc(F)cc1S(=O)(=O)N1CCC(C(C)N)CC1. The minimum absolute atomic E-state index is 0.0389. The van der Waals surface area contributed by atoms with Crippen LogP contribution in [-0.4, -0.2) is 52.2 Å². The number of rotatable bonds is 7. The fraction of sp³-hybridized carbons (Fsp3) is 0.625. The Balaban J connectivity index is 2.21. The van der Waals surface area contributed by atoms with Crippen molar-refractivity contribution >= 4 is 10.0 Å². The Morgan fingerprint density at radius 1 is 1.33 bits per heavy atom. The molecule has 1 aromatic carbocycles. The summed E-state index contributed by atoms with van der Waals surface area (Å²) < 4.78 is 51.1. The van der Waals surface area contributed by atoms with E-state index in [-0.39, 0.29) is 23.3 Å². The number of nitrogens with two attached hydrogens (primary N) is 1. The molecular formula is C16H25FN2O4S. The number of methoxy groups -OCH3 is 1. The third-order valence-corrected chi connectivity index (χ3v) is 6.23. The fourth-order valence-electron chi connectivity index (χ4n) is 2.82. The van der Waals surface area contributed by atoms with E-state index in [1.54, 1.807) is 0 Å². The summed E-state index contributed by atoms with van der Waals surface area (Å²) in [6.45, 7) is 3.20. The average molecular weight is 360 g/mol. The topological polar surface area (TPSA) is 81.9 Å².